The normalized spacial score (nSPS) is 12.2. The van der Waals surface area contributed by atoms with Crippen LogP contribution in [0.5, 0.6) is 0 Å². The number of nitrogens with zero attached hydrogens (tertiary/aromatic N) is 4. The second-order valence-corrected chi connectivity index (χ2v) is 5.68. The van der Waals surface area contributed by atoms with Gasteiger partial charge < -0.3 is 10.1 Å². The molecule has 130 valence electrons. The zero-order chi connectivity index (χ0) is 17.7. The molecule has 2 aromatic rings. The summed E-state index contributed by atoms with van der Waals surface area (Å²) >= 11 is 0. The van der Waals surface area contributed by atoms with E-state index >= 15 is 0 Å². The van der Waals surface area contributed by atoms with E-state index in [9.17, 15) is 9.59 Å². The first-order valence-corrected chi connectivity index (χ1v) is 7.73. The van der Waals surface area contributed by atoms with Gasteiger partial charge in [0.2, 0.25) is 5.91 Å². The van der Waals surface area contributed by atoms with Crippen molar-refractivity contribution in [3.05, 3.63) is 45.9 Å². The van der Waals surface area contributed by atoms with Crippen LogP contribution >= 0.6 is 0 Å². The number of rotatable bonds is 7. The number of methoxy groups -OCH3 is 1. The van der Waals surface area contributed by atoms with Crippen LogP contribution in [0.2, 0.25) is 0 Å². The van der Waals surface area contributed by atoms with Crippen LogP contribution in [0, 0.1) is 13.8 Å². The molecule has 2 heterocycles. The highest BCUT2D eigenvalue weighted by molar-refractivity contribution is 5.76. The van der Waals surface area contributed by atoms with Gasteiger partial charge in [-0.1, -0.05) is 0 Å². The molecule has 2 aromatic heterocycles. The molecule has 1 N–H and O–H groups in total. The summed E-state index contributed by atoms with van der Waals surface area (Å²) in [5.74, 6) is -0.162. The molecule has 2 rings (SSSR count). The van der Waals surface area contributed by atoms with Gasteiger partial charge in [0, 0.05) is 44.7 Å². The Hall–Kier alpha value is -2.48. The lowest BCUT2D eigenvalue weighted by molar-refractivity contribution is -0.122. The summed E-state index contributed by atoms with van der Waals surface area (Å²) in [5, 5.41) is 7.03. The third-order valence-corrected chi connectivity index (χ3v) is 3.79. The zero-order valence-corrected chi connectivity index (χ0v) is 14.4. The average molecular weight is 333 g/mol. The van der Waals surface area contributed by atoms with Crippen molar-refractivity contribution in [2.24, 2.45) is 7.05 Å². The molecule has 1 atom stereocenters. The molecule has 8 heteroatoms. The molecule has 24 heavy (non-hydrogen) atoms. The zero-order valence-electron chi connectivity index (χ0n) is 14.4. The molecule has 0 radical (unpaired) electrons. The molecule has 0 bridgehead atoms. The largest absolute Gasteiger partial charge is 0.382 e. The molecule has 0 aliphatic carbocycles. The third kappa shape index (κ3) is 4.29. The van der Waals surface area contributed by atoms with Crippen molar-refractivity contribution in [2.45, 2.75) is 32.9 Å². The van der Waals surface area contributed by atoms with Gasteiger partial charge in [-0.05, 0) is 26.0 Å². The van der Waals surface area contributed by atoms with Crippen molar-refractivity contribution in [2.75, 3.05) is 13.7 Å². The third-order valence-electron chi connectivity index (χ3n) is 3.79. The van der Waals surface area contributed by atoms with Crippen LogP contribution in [0.15, 0.2) is 23.1 Å². The molecular weight excluding hydrogens is 310 g/mol. The lowest BCUT2D eigenvalue weighted by Gasteiger charge is -2.18. The highest BCUT2D eigenvalue weighted by atomic mass is 16.5. The van der Waals surface area contributed by atoms with Gasteiger partial charge in [0.15, 0.2) is 0 Å². The smallest absolute Gasteiger partial charge is 0.347 e. The van der Waals surface area contributed by atoms with Crippen LogP contribution < -0.4 is 11.0 Å². The highest BCUT2D eigenvalue weighted by Gasteiger charge is 2.17. The molecule has 0 saturated carbocycles. The lowest BCUT2D eigenvalue weighted by Crippen LogP contribution is -2.34. The average Bonchev–Trinajstić information content (AvgIpc) is 2.91. The van der Waals surface area contributed by atoms with Gasteiger partial charge in [0.1, 0.15) is 0 Å². The van der Waals surface area contributed by atoms with Crippen molar-refractivity contribution in [3.8, 4) is 0 Å². The van der Waals surface area contributed by atoms with Crippen molar-refractivity contribution in [1.82, 2.24) is 24.6 Å². The molecular formula is C16H23N5O3. The van der Waals surface area contributed by atoms with E-state index in [1.807, 2.05) is 26.1 Å². The Labute approximate surface area is 140 Å². The topological polar surface area (TPSA) is 91.0 Å². The van der Waals surface area contributed by atoms with Crippen LogP contribution in [0.4, 0.5) is 0 Å². The Kier molecular flexibility index (Phi) is 5.86. The summed E-state index contributed by atoms with van der Waals surface area (Å²) in [4.78, 5) is 28.1. The van der Waals surface area contributed by atoms with Crippen molar-refractivity contribution in [1.29, 1.82) is 0 Å². The van der Waals surface area contributed by atoms with Gasteiger partial charge in [-0.25, -0.2) is 4.79 Å². The number of nitrogens with one attached hydrogen (secondary N) is 1. The van der Waals surface area contributed by atoms with E-state index in [4.69, 9.17) is 4.74 Å². The second-order valence-electron chi connectivity index (χ2n) is 5.68. The van der Waals surface area contributed by atoms with Gasteiger partial charge >= 0.3 is 5.69 Å². The number of amides is 1. The minimum atomic E-state index is -0.333. The standard InChI is InChI=1S/C16H23N5O3/c1-11-9-12(2)21(16(23)18-11)8-6-15(22)19-13(10-24-4)14-5-7-17-20(14)3/h5,7,9,13H,6,8,10H2,1-4H3,(H,19,22)/t13-/m1/s1. The fraction of sp³-hybridized carbons (Fsp3) is 0.500. The van der Waals surface area contributed by atoms with Gasteiger partial charge in [0.25, 0.3) is 0 Å². The summed E-state index contributed by atoms with van der Waals surface area (Å²) in [6.07, 6.45) is 1.86. The monoisotopic (exact) mass is 333 g/mol. The number of aryl methyl sites for hydroxylation is 3. The number of aromatic nitrogens is 4. The SMILES string of the molecule is COC[C@@H](NC(=O)CCn1c(C)cc(C)nc1=O)c1ccnn1C. The van der Waals surface area contributed by atoms with Gasteiger partial charge in [-0.3, -0.25) is 14.0 Å². The predicted octanol–water partition coefficient (Wildman–Crippen LogP) is 0.488. The van der Waals surface area contributed by atoms with E-state index in [0.717, 1.165) is 11.4 Å². The highest BCUT2D eigenvalue weighted by Crippen LogP contribution is 2.12. The summed E-state index contributed by atoms with van der Waals surface area (Å²) in [6, 6.07) is 3.37. The van der Waals surface area contributed by atoms with Crippen LogP contribution in [0.1, 0.15) is 29.5 Å². The second kappa shape index (κ2) is 7.87. The molecule has 0 spiro atoms. The molecule has 8 nitrogen and oxygen atoms in total. The first kappa shape index (κ1) is 17.9. The Morgan fingerprint density at radius 2 is 2.17 bits per heavy atom. The van der Waals surface area contributed by atoms with Gasteiger partial charge in [0.05, 0.1) is 18.3 Å². The van der Waals surface area contributed by atoms with E-state index in [1.165, 1.54) is 4.57 Å². The minimum absolute atomic E-state index is 0.162. The first-order chi connectivity index (χ1) is 11.4. The lowest BCUT2D eigenvalue weighted by atomic mass is 10.2. The molecule has 0 saturated heterocycles. The van der Waals surface area contributed by atoms with Gasteiger partial charge in [-0.15, -0.1) is 0 Å². The molecule has 0 aliphatic rings. The van der Waals surface area contributed by atoms with Crippen LogP contribution in [-0.2, 0) is 23.1 Å². The number of ether oxygens (including phenoxy) is 1. The quantitative estimate of drug-likeness (QED) is 0.796. The van der Waals surface area contributed by atoms with Crippen LogP contribution in [0.3, 0.4) is 0 Å². The van der Waals surface area contributed by atoms with Crippen LogP contribution in [-0.4, -0.2) is 39.0 Å². The molecule has 1 amide bonds. The molecule has 0 aliphatic heterocycles. The Bertz CT molecular complexity index is 765. The van der Waals surface area contributed by atoms with E-state index < -0.39 is 0 Å². The van der Waals surface area contributed by atoms with Crippen LogP contribution in [0.25, 0.3) is 0 Å². The number of hydrogen-bond acceptors (Lipinski definition) is 5. The summed E-state index contributed by atoms with van der Waals surface area (Å²) in [7, 11) is 3.39. The minimum Gasteiger partial charge on any atom is -0.382 e. The Morgan fingerprint density at radius 1 is 1.42 bits per heavy atom. The maximum absolute atomic E-state index is 12.3. The number of hydrogen-bond donors (Lipinski definition) is 1. The summed E-state index contributed by atoms with van der Waals surface area (Å²) in [6.45, 7) is 4.23. The number of carbonyl (C=O) groups is 1. The van der Waals surface area contributed by atoms with E-state index in [1.54, 1.807) is 24.9 Å². The predicted molar refractivity (Wildman–Crippen MR) is 88.6 cm³/mol. The maximum atomic E-state index is 12.3. The Balaban J connectivity index is 2.02. The number of carbonyl (C=O) groups excluding carboxylic acids is 1. The maximum Gasteiger partial charge on any atom is 0.347 e. The fourth-order valence-electron chi connectivity index (χ4n) is 2.62. The first-order valence-electron chi connectivity index (χ1n) is 7.73. The van der Waals surface area contributed by atoms with Crippen molar-refractivity contribution < 1.29 is 9.53 Å². The molecule has 0 fully saturated rings. The summed E-state index contributed by atoms with van der Waals surface area (Å²) < 4.78 is 8.38. The molecule has 0 aromatic carbocycles. The van der Waals surface area contributed by atoms with Crippen molar-refractivity contribution >= 4 is 5.91 Å². The van der Waals surface area contributed by atoms with E-state index in [-0.39, 0.29) is 30.6 Å². The molecule has 0 unspecified atom stereocenters. The van der Waals surface area contributed by atoms with Gasteiger partial charge in [-0.2, -0.15) is 10.1 Å². The van der Waals surface area contributed by atoms with Crippen molar-refractivity contribution in [3.63, 3.8) is 0 Å². The Morgan fingerprint density at radius 3 is 2.75 bits per heavy atom. The fourth-order valence-corrected chi connectivity index (χ4v) is 2.62. The van der Waals surface area contributed by atoms with E-state index in [2.05, 4.69) is 15.4 Å². The summed E-state index contributed by atoms with van der Waals surface area (Å²) in [5.41, 5.74) is 1.99. The van der Waals surface area contributed by atoms with E-state index in [0.29, 0.717) is 12.3 Å².